The highest BCUT2D eigenvalue weighted by Crippen LogP contribution is 2.12. The molecule has 1 heterocycles. The van der Waals surface area contributed by atoms with Crippen molar-refractivity contribution < 1.29 is 9.59 Å². The molecule has 0 radical (unpaired) electrons. The van der Waals surface area contributed by atoms with E-state index in [0.29, 0.717) is 24.8 Å². The van der Waals surface area contributed by atoms with Crippen LogP contribution < -0.4 is 21.3 Å². The summed E-state index contributed by atoms with van der Waals surface area (Å²) in [6.45, 7) is 10.5. The third-order valence-corrected chi connectivity index (χ3v) is 5.06. The van der Waals surface area contributed by atoms with E-state index in [-0.39, 0.29) is 18.0 Å². The lowest BCUT2D eigenvalue weighted by Gasteiger charge is -2.32. The van der Waals surface area contributed by atoms with E-state index in [2.05, 4.69) is 42.0 Å². The summed E-state index contributed by atoms with van der Waals surface area (Å²) in [5.74, 6) is 0.639. The minimum Gasteiger partial charge on any atom is -0.350 e. The average Bonchev–Trinajstić information content (AvgIpc) is 2.62. The molecular formula is C21H34N4O2. The van der Waals surface area contributed by atoms with E-state index < -0.39 is 6.04 Å². The van der Waals surface area contributed by atoms with Crippen molar-refractivity contribution in [2.75, 3.05) is 13.1 Å². The fourth-order valence-electron chi connectivity index (χ4n) is 3.27. The Labute approximate surface area is 162 Å². The molecule has 0 aliphatic carbocycles. The normalized spacial score (nSPS) is 20.8. The fourth-order valence-corrected chi connectivity index (χ4v) is 3.27. The van der Waals surface area contributed by atoms with Gasteiger partial charge in [-0.05, 0) is 43.7 Å². The number of hydrogen-bond acceptors (Lipinski definition) is 3. The van der Waals surface area contributed by atoms with Gasteiger partial charge in [-0.1, -0.05) is 50.6 Å². The largest absolute Gasteiger partial charge is 0.350 e. The first kappa shape index (κ1) is 21.2. The number of benzene rings is 1. The van der Waals surface area contributed by atoms with Gasteiger partial charge in [0.1, 0.15) is 6.04 Å². The molecule has 3 unspecified atom stereocenters. The van der Waals surface area contributed by atoms with Crippen LogP contribution >= 0.6 is 0 Å². The lowest BCUT2D eigenvalue weighted by Crippen LogP contribution is -2.56. The van der Waals surface area contributed by atoms with Crippen molar-refractivity contribution in [3.05, 3.63) is 35.4 Å². The maximum absolute atomic E-state index is 12.8. The Kier molecular flexibility index (Phi) is 8.10. The Balaban J connectivity index is 1.88. The van der Waals surface area contributed by atoms with Gasteiger partial charge in [-0.25, -0.2) is 4.79 Å². The topological polar surface area (TPSA) is 82.3 Å². The zero-order valence-corrected chi connectivity index (χ0v) is 17.0. The highest BCUT2D eigenvalue weighted by Gasteiger charge is 2.27. The summed E-state index contributed by atoms with van der Waals surface area (Å²) in [5, 5.41) is 12.1. The first-order valence-electron chi connectivity index (χ1n) is 9.96. The van der Waals surface area contributed by atoms with Crippen molar-refractivity contribution >= 4 is 11.9 Å². The number of nitrogens with one attached hydrogen (secondary N) is 4. The molecule has 4 N–H and O–H groups in total. The lowest BCUT2D eigenvalue weighted by molar-refractivity contribution is -0.124. The molecule has 1 saturated heterocycles. The van der Waals surface area contributed by atoms with Crippen LogP contribution in [0.25, 0.3) is 0 Å². The molecule has 1 aliphatic rings. The Morgan fingerprint density at radius 1 is 1.22 bits per heavy atom. The molecule has 1 aliphatic heterocycles. The van der Waals surface area contributed by atoms with Crippen LogP contribution in [0.1, 0.15) is 44.7 Å². The Morgan fingerprint density at radius 3 is 2.56 bits per heavy atom. The predicted molar refractivity (Wildman–Crippen MR) is 108 cm³/mol. The Hall–Kier alpha value is -2.08. The van der Waals surface area contributed by atoms with Gasteiger partial charge in [0.2, 0.25) is 5.91 Å². The maximum Gasteiger partial charge on any atom is 0.315 e. The van der Waals surface area contributed by atoms with Crippen LogP contribution in [0.4, 0.5) is 4.79 Å². The third kappa shape index (κ3) is 7.21. The molecule has 1 fully saturated rings. The number of aryl methyl sites for hydroxylation is 1. The van der Waals surface area contributed by atoms with Gasteiger partial charge < -0.3 is 21.3 Å². The number of urea groups is 1. The minimum absolute atomic E-state index is 0.102. The SMILES string of the molecule is Cc1ccc(CNC(=O)NC(CC(C)C)C(=O)NC2CNCCC2C)cc1. The molecule has 3 atom stereocenters. The number of carbonyl (C=O) groups excluding carboxylic acids is 2. The molecule has 1 aromatic rings. The number of hydrogen-bond donors (Lipinski definition) is 4. The molecule has 3 amide bonds. The zero-order chi connectivity index (χ0) is 19.8. The van der Waals surface area contributed by atoms with Crippen LogP contribution in [-0.2, 0) is 11.3 Å². The van der Waals surface area contributed by atoms with Gasteiger partial charge in [-0.3, -0.25) is 4.79 Å². The highest BCUT2D eigenvalue weighted by molar-refractivity contribution is 5.87. The van der Waals surface area contributed by atoms with E-state index >= 15 is 0 Å². The van der Waals surface area contributed by atoms with Gasteiger partial charge in [0.05, 0.1) is 0 Å². The second-order valence-corrected chi connectivity index (χ2v) is 8.08. The van der Waals surface area contributed by atoms with Gasteiger partial charge in [-0.15, -0.1) is 0 Å². The summed E-state index contributed by atoms with van der Waals surface area (Å²) in [6.07, 6.45) is 1.66. The first-order valence-corrected chi connectivity index (χ1v) is 9.96. The predicted octanol–water partition coefficient (Wildman–Crippen LogP) is 2.32. The van der Waals surface area contributed by atoms with Crippen molar-refractivity contribution in [1.29, 1.82) is 0 Å². The molecule has 6 nitrogen and oxygen atoms in total. The molecule has 0 spiro atoms. The second-order valence-electron chi connectivity index (χ2n) is 8.08. The molecular weight excluding hydrogens is 340 g/mol. The molecule has 0 aromatic heterocycles. The van der Waals surface area contributed by atoms with Crippen molar-refractivity contribution in [3.8, 4) is 0 Å². The molecule has 27 heavy (non-hydrogen) atoms. The highest BCUT2D eigenvalue weighted by atomic mass is 16.2. The number of carbonyl (C=O) groups is 2. The lowest BCUT2D eigenvalue weighted by atomic mass is 9.94. The summed E-state index contributed by atoms with van der Waals surface area (Å²) in [4.78, 5) is 25.1. The monoisotopic (exact) mass is 374 g/mol. The van der Waals surface area contributed by atoms with E-state index in [0.717, 1.165) is 25.1 Å². The molecule has 2 rings (SSSR count). The fraction of sp³-hybridized carbons (Fsp3) is 0.619. The van der Waals surface area contributed by atoms with Crippen LogP contribution in [0.15, 0.2) is 24.3 Å². The first-order chi connectivity index (χ1) is 12.8. The van der Waals surface area contributed by atoms with Crippen LogP contribution in [0, 0.1) is 18.8 Å². The standard InChI is InChI=1S/C21H34N4O2/c1-14(2)11-18(20(26)24-19-13-22-10-9-16(19)4)25-21(27)23-12-17-7-5-15(3)6-8-17/h5-8,14,16,18-19,22H,9-13H2,1-4H3,(H,24,26)(H2,23,25,27). The number of rotatable bonds is 7. The van der Waals surface area contributed by atoms with Gasteiger partial charge >= 0.3 is 6.03 Å². The van der Waals surface area contributed by atoms with Crippen LogP contribution in [0.2, 0.25) is 0 Å². The van der Waals surface area contributed by atoms with E-state index in [1.807, 2.05) is 31.2 Å². The van der Waals surface area contributed by atoms with Crippen molar-refractivity contribution in [1.82, 2.24) is 21.3 Å². The van der Waals surface area contributed by atoms with Gasteiger partial charge in [0.25, 0.3) is 0 Å². The summed E-state index contributed by atoms with van der Waals surface area (Å²) >= 11 is 0. The van der Waals surface area contributed by atoms with E-state index in [1.54, 1.807) is 0 Å². The summed E-state index contributed by atoms with van der Waals surface area (Å²) < 4.78 is 0. The molecule has 6 heteroatoms. The Morgan fingerprint density at radius 2 is 1.93 bits per heavy atom. The van der Waals surface area contributed by atoms with E-state index in [9.17, 15) is 9.59 Å². The van der Waals surface area contributed by atoms with Crippen molar-refractivity contribution in [2.45, 2.75) is 59.2 Å². The van der Waals surface area contributed by atoms with Gasteiger partial charge in [-0.2, -0.15) is 0 Å². The van der Waals surface area contributed by atoms with Crippen molar-refractivity contribution in [2.24, 2.45) is 11.8 Å². The molecule has 150 valence electrons. The molecule has 1 aromatic carbocycles. The third-order valence-electron chi connectivity index (χ3n) is 5.06. The Bertz CT molecular complexity index is 615. The van der Waals surface area contributed by atoms with Gasteiger partial charge in [0, 0.05) is 19.1 Å². The summed E-state index contributed by atoms with van der Waals surface area (Å²) in [5.41, 5.74) is 2.21. The number of amides is 3. The van der Waals surface area contributed by atoms with Crippen LogP contribution in [-0.4, -0.2) is 37.1 Å². The maximum atomic E-state index is 12.8. The molecule has 0 saturated carbocycles. The van der Waals surface area contributed by atoms with Gasteiger partial charge in [0.15, 0.2) is 0 Å². The van der Waals surface area contributed by atoms with E-state index in [1.165, 1.54) is 5.56 Å². The smallest absolute Gasteiger partial charge is 0.315 e. The number of piperidine rings is 1. The van der Waals surface area contributed by atoms with Crippen molar-refractivity contribution in [3.63, 3.8) is 0 Å². The quantitative estimate of drug-likeness (QED) is 0.591. The molecule has 0 bridgehead atoms. The summed E-state index contributed by atoms with van der Waals surface area (Å²) in [6, 6.07) is 7.28. The zero-order valence-electron chi connectivity index (χ0n) is 17.0. The minimum atomic E-state index is -0.530. The summed E-state index contributed by atoms with van der Waals surface area (Å²) in [7, 11) is 0. The second kappa shape index (κ2) is 10.3. The van der Waals surface area contributed by atoms with Crippen LogP contribution in [0.3, 0.4) is 0 Å². The van der Waals surface area contributed by atoms with Crippen LogP contribution in [0.5, 0.6) is 0 Å². The van der Waals surface area contributed by atoms with E-state index in [4.69, 9.17) is 0 Å². The average molecular weight is 375 g/mol.